The van der Waals surface area contributed by atoms with E-state index in [2.05, 4.69) is 10.1 Å². The number of hydrogen-bond acceptors (Lipinski definition) is 3. The Bertz CT molecular complexity index is 438. The van der Waals surface area contributed by atoms with Crippen LogP contribution in [0.4, 0.5) is 8.78 Å². The summed E-state index contributed by atoms with van der Waals surface area (Å²) in [5.41, 5.74) is 6.54. The topological polar surface area (TPSA) is 64.4 Å². The van der Waals surface area contributed by atoms with Crippen LogP contribution in [-0.4, -0.2) is 37.1 Å². The third-order valence-corrected chi connectivity index (χ3v) is 2.44. The molecule has 0 fully saturated rings. The van der Waals surface area contributed by atoms with E-state index >= 15 is 0 Å². The number of hydrogen-bond donors (Lipinski definition) is 2. The van der Waals surface area contributed by atoms with E-state index in [1.165, 1.54) is 0 Å². The molecular weight excluding hydrogens is 274 g/mol. The van der Waals surface area contributed by atoms with Crippen LogP contribution in [-0.2, 0) is 4.74 Å². The fraction of sp³-hybridized carbons (Fsp3) is 0.333. The molecule has 7 heteroatoms. The van der Waals surface area contributed by atoms with E-state index in [1.807, 2.05) is 0 Å². The van der Waals surface area contributed by atoms with E-state index in [0.29, 0.717) is 11.1 Å². The summed E-state index contributed by atoms with van der Waals surface area (Å²) < 4.78 is 28.1. The SMILES string of the molecule is NC(=S)c1ccc(C(=O)NCCOCC(F)F)cc1. The number of nitrogens with two attached hydrogens (primary N) is 1. The van der Waals surface area contributed by atoms with E-state index in [9.17, 15) is 13.6 Å². The number of alkyl halides is 2. The number of benzene rings is 1. The van der Waals surface area contributed by atoms with Crippen molar-refractivity contribution in [3.63, 3.8) is 0 Å². The smallest absolute Gasteiger partial charge is 0.261 e. The van der Waals surface area contributed by atoms with E-state index in [4.69, 9.17) is 18.0 Å². The van der Waals surface area contributed by atoms with Gasteiger partial charge in [0.2, 0.25) is 0 Å². The minimum Gasteiger partial charge on any atom is -0.389 e. The Morgan fingerprint density at radius 3 is 2.42 bits per heavy atom. The average Bonchev–Trinajstić information content (AvgIpc) is 2.37. The monoisotopic (exact) mass is 288 g/mol. The zero-order valence-electron chi connectivity index (χ0n) is 10.1. The van der Waals surface area contributed by atoms with Crippen LogP contribution in [0, 0.1) is 0 Å². The number of carbonyl (C=O) groups excluding carboxylic acids is 1. The van der Waals surface area contributed by atoms with Crippen LogP contribution in [0.25, 0.3) is 0 Å². The van der Waals surface area contributed by atoms with Crippen molar-refractivity contribution >= 4 is 23.1 Å². The van der Waals surface area contributed by atoms with Crippen molar-refractivity contribution in [1.29, 1.82) is 0 Å². The van der Waals surface area contributed by atoms with Gasteiger partial charge < -0.3 is 15.8 Å². The number of nitrogens with one attached hydrogen (secondary N) is 1. The Balaban J connectivity index is 2.35. The maximum absolute atomic E-state index is 11.8. The number of rotatable bonds is 7. The summed E-state index contributed by atoms with van der Waals surface area (Å²) >= 11 is 4.79. The quantitative estimate of drug-likeness (QED) is 0.587. The molecule has 4 nitrogen and oxygen atoms in total. The minimum atomic E-state index is -2.50. The molecule has 19 heavy (non-hydrogen) atoms. The van der Waals surface area contributed by atoms with Crippen LogP contribution in [0.1, 0.15) is 15.9 Å². The van der Waals surface area contributed by atoms with Gasteiger partial charge in [-0.05, 0) is 12.1 Å². The summed E-state index contributed by atoms with van der Waals surface area (Å²) in [7, 11) is 0. The maximum atomic E-state index is 11.8. The Hall–Kier alpha value is -1.60. The molecule has 0 aliphatic carbocycles. The summed E-state index contributed by atoms with van der Waals surface area (Å²) in [6.45, 7) is -0.415. The second-order valence-corrected chi connectivity index (χ2v) is 4.10. The standard InChI is InChI=1S/C12H14F2N2O2S/c13-10(14)7-18-6-5-16-12(17)9-3-1-8(2-4-9)11(15)19/h1-4,10H,5-7H2,(H2,15,19)(H,16,17). The first-order chi connectivity index (χ1) is 9.00. The van der Waals surface area contributed by atoms with Gasteiger partial charge in [-0.15, -0.1) is 0 Å². The van der Waals surface area contributed by atoms with Crippen molar-refractivity contribution in [2.45, 2.75) is 6.43 Å². The highest BCUT2D eigenvalue weighted by Crippen LogP contribution is 2.04. The molecule has 0 aliphatic rings. The molecule has 3 N–H and O–H groups in total. The number of halogens is 2. The first kappa shape index (κ1) is 15.5. The van der Waals surface area contributed by atoms with E-state index in [1.54, 1.807) is 24.3 Å². The lowest BCUT2D eigenvalue weighted by molar-refractivity contribution is 0.0188. The largest absolute Gasteiger partial charge is 0.389 e. The predicted octanol–water partition coefficient (Wildman–Crippen LogP) is 1.33. The van der Waals surface area contributed by atoms with Crippen molar-refractivity contribution in [2.24, 2.45) is 5.73 Å². The molecule has 0 heterocycles. The number of amides is 1. The Labute approximate surface area is 114 Å². The molecule has 0 bridgehead atoms. The summed E-state index contributed by atoms with van der Waals surface area (Å²) in [4.78, 5) is 11.9. The second-order valence-electron chi connectivity index (χ2n) is 3.66. The molecule has 0 aliphatic heterocycles. The van der Waals surface area contributed by atoms with Crippen LogP contribution in [0.5, 0.6) is 0 Å². The van der Waals surface area contributed by atoms with Gasteiger partial charge in [0.1, 0.15) is 11.6 Å². The van der Waals surface area contributed by atoms with E-state index in [-0.39, 0.29) is 24.0 Å². The summed E-state index contributed by atoms with van der Waals surface area (Å²) in [5, 5.41) is 2.55. The second kappa shape index (κ2) is 7.75. The van der Waals surface area contributed by atoms with Crippen molar-refractivity contribution in [2.75, 3.05) is 19.8 Å². The van der Waals surface area contributed by atoms with Gasteiger partial charge in [0.15, 0.2) is 0 Å². The number of carbonyl (C=O) groups is 1. The third-order valence-electron chi connectivity index (χ3n) is 2.21. The molecule has 1 aromatic rings. The number of ether oxygens (including phenoxy) is 1. The van der Waals surface area contributed by atoms with Gasteiger partial charge in [0.25, 0.3) is 12.3 Å². The fourth-order valence-electron chi connectivity index (χ4n) is 1.30. The van der Waals surface area contributed by atoms with Crippen LogP contribution < -0.4 is 11.1 Å². The lowest BCUT2D eigenvalue weighted by atomic mass is 10.1. The van der Waals surface area contributed by atoms with Crippen molar-refractivity contribution < 1.29 is 18.3 Å². The highest BCUT2D eigenvalue weighted by atomic mass is 32.1. The molecule has 1 amide bonds. The summed E-state index contributed by atoms with van der Waals surface area (Å²) in [5.74, 6) is -0.310. The zero-order valence-corrected chi connectivity index (χ0v) is 10.9. The highest BCUT2D eigenvalue weighted by molar-refractivity contribution is 7.80. The molecule has 0 unspecified atom stereocenters. The van der Waals surface area contributed by atoms with Gasteiger partial charge in [-0.25, -0.2) is 8.78 Å². The van der Waals surface area contributed by atoms with Crippen molar-refractivity contribution in [1.82, 2.24) is 5.32 Å². The van der Waals surface area contributed by atoms with E-state index < -0.39 is 13.0 Å². The van der Waals surface area contributed by atoms with Crippen LogP contribution >= 0.6 is 12.2 Å². The van der Waals surface area contributed by atoms with Crippen LogP contribution in [0.15, 0.2) is 24.3 Å². The predicted molar refractivity (Wildman–Crippen MR) is 71.5 cm³/mol. The van der Waals surface area contributed by atoms with Crippen LogP contribution in [0.2, 0.25) is 0 Å². The molecule has 0 saturated carbocycles. The molecular formula is C12H14F2N2O2S. The zero-order chi connectivity index (χ0) is 14.3. The lowest BCUT2D eigenvalue weighted by Crippen LogP contribution is -2.27. The van der Waals surface area contributed by atoms with Gasteiger partial charge in [0, 0.05) is 17.7 Å². The van der Waals surface area contributed by atoms with Crippen molar-refractivity contribution in [3.8, 4) is 0 Å². The minimum absolute atomic E-state index is 0.0427. The Kier molecular flexibility index (Phi) is 6.31. The van der Waals surface area contributed by atoms with Gasteiger partial charge in [-0.2, -0.15) is 0 Å². The first-order valence-corrected chi connectivity index (χ1v) is 5.95. The molecule has 0 aromatic heterocycles. The average molecular weight is 288 g/mol. The fourth-order valence-corrected chi connectivity index (χ4v) is 1.43. The van der Waals surface area contributed by atoms with Gasteiger partial charge in [-0.1, -0.05) is 24.4 Å². The molecule has 0 spiro atoms. The molecule has 0 saturated heterocycles. The molecule has 1 rings (SSSR count). The third kappa shape index (κ3) is 5.71. The molecule has 104 valence electrons. The Morgan fingerprint density at radius 1 is 1.32 bits per heavy atom. The van der Waals surface area contributed by atoms with Gasteiger partial charge in [-0.3, -0.25) is 4.79 Å². The molecule has 0 atom stereocenters. The normalized spacial score (nSPS) is 10.5. The van der Waals surface area contributed by atoms with Gasteiger partial charge >= 0.3 is 0 Å². The number of thiocarbonyl (C=S) groups is 1. The summed E-state index contributed by atoms with van der Waals surface area (Å²) in [6.07, 6.45) is -2.50. The van der Waals surface area contributed by atoms with Crippen molar-refractivity contribution in [3.05, 3.63) is 35.4 Å². The van der Waals surface area contributed by atoms with E-state index in [0.717, 1.165) is 0 Å². The molecule has 0 radical (unpaired) electrons. The highest BCUT2D eigenvalue weighted by Gasteiger charge is 2.06. The first-order valence-electron chi connectivity index (χ1n) is 5.54. The maximum Gasteiger partial charge on any atom is 0.261 e. The van der Waals surface area contributed by atoms with Crippen LogP contribution in [0.3, 0.4) is 0 Å². The van der Waals surface area contributed by atoms with Gasteiger partial charge in [0.05, 0.1) is 6.61 Å². The Morgan fingerprint density at radius 2 is 1.89 bits per heavy atom. The summed E-state index contributed by atoms with van der Waals surface area (Å²) in [6, 6.07) is 6.46. The lowest BCUT2D eigenvalue weighted by Gasteiger charge is -2.06. The molecule has 1 aromatic carbocycles.